The maximum atomic E-state index is 9.73. The SMILES string of the molecule is N#Cc1ccc(-c2cc(-c3cccc4ccccc34)cc(N(c3ccc(C#N)cc3)c3ccc(-c4ccc5c6c4ccc4cccc(c46)n5-c4ccccc4)cc3)c2)cc1. The fraction of sp³-hybridized carbons (Fsp3) is 0. The van der Waals surface area contributed by atoms with Crippen molar-refractivity contribution in [3.05, 3.63) is 217 Å². The number of para-hydroxylation sites is 1. The van der Waals surface area contributed by atoms with E-state index in [1.165, 1.54) is 48.9 Å². The first kappa shape index (κ1) is 34.8. The van der Waals surface area contributed by atoms with E-state index in [0.29, 0.717) is 11.1 Å². The molecule has 0 unspecified atom stereocenters. The lowest BCUT2D eigenvalue weighted by molar-refractivity contribution is 1.18. The molecule has 4 nitrogen and oxygen atoms in total. The molecule has 0 spiro atoms. The van der Waals surface area contributed by atoms with E-state index in [1.54, 1.807) is 0 Å². The van der Waals surface area contributed by atoms with Gasteiger partial charge in [0.05, 0.1) is 34.3 Å². The Morgan fingerprint density at radius 2 is 0.967 bits per heavy atom. The van der Waals surface area contributed by atoms with Gasteiger partial charge in [0.1, 0.15) is 0 Å². The Balaban J connectivity index is 1.08. The van der Waals surface area contributed by atoms with Crippen LogP contribution >= 0.6 is 0 Å². The minimum Gasteiger partial charge on any atom is -0.310 e. The molecule has 4 heteroatoms. The summed E-state index contributed by atoms with van der Waals surface area (Å²) in [7, 11) is 0. The molecule has 0 radical (unpaired) electrons. The van der Waals surface area contributed by atoms with Gasteiger partial charge in [-0.3, -0.25) is 0 Å². The maximum absolute atomic E-state index is 9.73. The van der Waals surface area contributed by atoms with Crippen LogP contribution in [0.15, 0.2) is 206 Å². The number of nitriles is 2. The zero-order valence-electron chi connectivity index (χ0n) is 32.4. The smallest absolute Gasteiger partial charge is 0.0991 e. The first-order valence-electron chi connectivity index (χ1n) is 20.0. The molecule has 0 aliphatic heterocycles. The fourth-order valence-corrected chi connectivity index (χ4v) is 8.99. The summed E-state index contributed by atoms with van der Waals surface area (Å²) in [4.78, 5) is 2.26. The van der Waals surface area contributed by atoms with E-state index in [4.69, 9.17) is 0 Å². The zero-order valence-corrected chi connectivity index (χ0v) is 32.4. The van der Waals surface area contributed by atoms with Crippen LogP contribution in [-0.4, -0.2) is 4.57 Å². The lowest BCUT2D eigenvalue weighted by atomic mass is 9.93. The van der Waals surface area contributed by atoms with Gasteiger partial charge in [-0.1, -0.05) is 115 Å². The second kappa shape index (κ2) is 14.2. The molecule has 0 saturated heterocycles. The van der Waals surface area contributed by atoms with E-state index in [1.807, 2.05) is 48.5 Å². The van der Waals surface area contributed by atoms with Crippen LogP contribution in [0.25, 0.3) is 82.4 Å². The minimum absolute atomic E-state index is 0.603. The van der Waals surface area contributed by atoms with Gasteiger partial charge in [0.2, 0.25) is 0 Å². The van der Waals surface area contributed by atoms with Gasteiger partial charge in [0.25, 0.3) is 0 Å². The number of hydrogen-bond donors (Lipinski definition) is 0. The van der Waals surface area contributed by atoms with Crippen LogP contribution in [0, 0.1) is 22.7 Å². The third-order valence-corrected chi connectivity index (χ3v) is 11.8. The van der Waals surface area contributed by atoms with Crippen LogP contribution in [0.1, 0.15) is 11.1 Å². The molecular weight excluding hydrogens is 729 g/mol. The van der Waals surface area contributed by atoms with Crippen molar-refractivity contribution in [3.8, 4) is 51.2 Å². The molecule has 0 aliphatic carbocycles. The van der Waals surface area contributed by atoms with E-state index < -0.39 is 0 Å². The highest BCUT2D eigenvalue weighted by Crippen LogP contribution is 2.45. The molecule has 0 atom stereocenters. The Kier molecular flexibility index (Phi) is 8.22. The van der Waals surface area contributed by atoms with Crippen molar-refractivity contribution in [2.24, 2.45) is 0 Å². The van der Waals surface area contributed by atoms with Gasteiger partial charge in [0.15, 0.2) is 0 Å². The molecule has 11 aromatic rings. The van der Waals surface area contributed by atoms with Crippen molar-refractivity contribution in [2.75, 3.05) is 4.90 Å². The van der Waals surface area contributed by atoms with Crippen LogP contribution < -0.4 is 4.90 Å². The highest BCUT2D eigenvalue weighted by atomic mass is 15.1. The third kappa shape index (κ3) is 5.75. The van der Waals surface area contributed by atoms with E-state index in [9.17, 15) is 10.5 Å². The lowest BCUT2D eigenvalue weighted by Gasteiger charge is -2.27. The Morgan fingerprint density at radius 3 is 1.73 bits per heavy atom. The number of hydrogen-bond acceptors (Lipinski definition) is 3. The molecular formula is C56H34N4. The molecule has 1 aromatic heterocycles. The van der Waals surface area contributed by atoms with Gasteiger partial charge in [-0.2, -0.15) is 10.5 Å². The largest absolute Gasteiger partial charge is 0.310 e. The normalized spacial score (nSPS) is 11.3. The number of nitrogens with zero attached hydrogens (tertiary/aromatic N) is 4. The second-order valence-corrected chi connectivity index (χ2v) is 15.2. The molecule has 11 rings (SSSR count). The van der Waals surface area contributed by atoms with Crippen molar-refractivity contribution >= 4 is 60.4 Å². The lowest BCUT2D eigenvalue weighted by Crippen LogP contribution is -2.10. The summed E-state index contributed by atoms with van der Waals surface area (Å²) in [5.41, 5.74) is 14.2. The summed E-state index contributed by atoms with van der Waals surface area (Å²) in [6.07, 6.45) is 0. The van der Waals surface area contributed by atoms with Crippen molar-refractivity contribution in [1.29, 1.82) is 10.5 Å². The summed E-state index contributed by atoms with van der Waals surface area (Å²) >= 11 is 0. The molecule has 0 bridgehead atoms. The maximum Gasteiger partial charge on any atom is 0.0991 e. The topological polar surface area (TPSA) is 55.8 Å². The summed E-state index contributed by atoms with van der Waals surface area (Å²) in [5.74, 6) is 0. The Morgan fingerprint density at radius 1 is 0.367 bits per heavy atom. The average Bonchev–Trinajstić information content (AvgIpc) is 3.67. The molecule has 0 amide bonds. The first-order valence-corrected chi connectivity index (χ1v) is 20.0. The summed E-state index contributed by atoms with van der Waals surface area (Å²) < 4.78 is 2.38. The molecule has 278 valence electrons. The number of rotatable bonds is 7. The summed E-state index contributed by atoms with van der Waals surface area (Å²) in [5, 5.41) is 26.7. The molecule has 0 saturated carbocycles. The van der Waals surface area contributed by atoms with Crippen molar-refractivity contribution in [1.82, 2.24) is 4.57 Å². The van der Waals surface area contributed by atoms with Crippen molar-refractivity contribution in [2.45, 2.75) is 0 Å². The average molecular weight is 763 g/mol. The van der Waals surface area contributed by atoms with Gasteiger partial charge in [-0.05, 0) is 146 Å². The van der Waals surface area contributed by atoms with E-state index in [2.05, 4.69) is 179 Å². The van der Waals surface area contributed by atoms with E-state index in [0.717, 1.165) is 50.6 Å². The van der Waals surface area contributed by atoms with Gasteiger partial charge in [-0.15, -0.1) is 0 Å². The molecule has 0 N–H and O–H groups in total. The molecule has 60 heavy (non-hydrogen) atoms. The summed E-state index contributed by atoms with van der Waals surface area (Å²) in [6, 6.07) is 76.8. The van der Waals surface area contributed by atoms with Crippen LogP contribution in [-0.2, 0) is 0 Å². The monoisotopic (exact) mass is 762 g/mol. The predicted octanol–water partition coefficient (Wildman–Crippen LogP) is 14.7. The minimum atomic E-state index is 0.603. The number of fused-ring (bicyclic) bond motifs is 1. The van der Waals surface area contributed by atoms with Crippen molar-refractivity contribution in [3.63, 3.8) is 0 Å². The van der Waals surface area contributed by atoms with Gasteiger partial charge in [-0.25, -0.2) is 0 Å². The Bertz CT molecular complexity index is 3470. The first-order chi connectivity index (χ1) is 29.6. The number of aromatic nitrogens is 1. The predicted molar refractivity (Wildman–Crippen MR) is 247 cm³/mol. The van der Waals surface area contributed by atoms with Gasteiger partial charge >= 0.3 is 0 Å². The van der Waals surface area contributed by atoms with E-state index >= 15 is 0 Å². The summed E-state index contributed by atoms with van der Waals surface area (Å²) in [6.45, 7) is 0. The quantitative estimate of drug-likeness (QED) is 0.152. The molecule has 0 fully saturated rings. The van der Waals surface area contributed by atoms with Crippen LogP contribution in [0.3, 0.4) is 0 Å². The molecule has 0 aliphatic rings. The fourth-order valence-electron chi connectivity index (χ4n) is 8.99. The third-order valence-electron chi connectivity index (χ3n) is 11.8. The standard InChI is InChI=1S/C56H34N4/c57-35-37-16-20-39(21-17-37)43-32-44(50-14-6-9-40-8-4-5-13-49(40)50)34-48(33-43)59(46-25-18-38(36-58)19-26-46)47-27-22-41(23-28-47)51-30-31-54-56-52(51)29-24-42-10-7-15-53(55(42)56)60(54)45-11-2-1-3-12-45/h1-34H. The number of benzene rings is 10. The molecule has 10 aromatic carbocycles. The van der Waals surface area contributed by atoms with Crippen LogP contribution in [0.5, 0.6) is 0 Å². The van der Waals surface area contributed by atoms with Crippen LogP contribution in [0.4, 0.5) is 17.1 Å². The Labute approximate surface area is 347 Å². The Hall–Kier alpha value is -8.44. The highest BCUT2D eigenvalue weighted by Gasteiger charge is 2.20. The highest BCUT2D eigenvalue weighted by molar-refractivity contribution is 6.26. The number of anilines is 3. The van der Waals surface area contributed by atoms with Gasteiger partial charge < -0.3 is 9.47 Å². The van der Waals surface area contributed by atoms with Crippen LogP contribution in [0.2, 0.25) is 0 Å². The zero-order chi connectivity index (χ0) is 40.2. The van der Waals surface area contributed by atoms with Crippen molar-refractivity contribution < 1.29 is 0 Å². The second-order valence-electron chi connectivity index (χ2n) is 15.2. The molecule has 1 heterocycles. The van der Waals surface area contributed by atoms with E-state index in [-0.39, 0.29) is 0 Å². The van der Waals surface area contributed by atoms with Gasteiger partial charge in [0, 0.05) is 33.5 Å².